The summed E-state index contributed by atoms with van der Waals surface area (Å²) < 4.78 is 11.3. The van der Waals surface area contributed by atoms with Gasteiger partial charge in [-0.05, 0) is 51.1 Å². The molecule has 132 valence electrons. The van der Waals surface area contributed by atoms with Gasteiger partial charge in [-0.2, -0.15) is 0 Å². The SMILES string of the molecule is CC1CC(C)CN(C(=O)C(C)N2CCC(C3OCCO3)CC2)C1. The molecule has 0 saturated carbocycles. The van der Waals surface area contributed by atoms with Crippen molar-refractivity contribution in [2.75, 3.05) is 39.4 Å². The first-order chi connectivity index (χ1) is 11.0. The lowest BCUT2D eigenvalue weighted by atomic mass is 9.91. The number of rotatable bonds is 3. The van der Waals surface area contributed by atoms with Crippen LogP contribution < -0.4 is 0 Å². The van der Waals surface area contributed by atoms with Crippen molar-refractivity contribution in [3.8, 4) is 0 Å². The van der Waals surface area contributed by atoms with E-state index in [1.807, 2.05) is 0 Å². The molecule has 0 bridgehead atoms. The fourth-order valence-corrected chi connectivity index (χ4v) is 4.49. The maximum atomic E-state index is 12.9. The molecule has 0 spiro atoms. The van der Waals surface area contributed by atoms with E-state index in [4.69, 9.17) is 9.47 Å². The van der Waals surface area contributed by atoms with Gasteiger partial charge in [0.2, 0.25) is 5.91 Å². The number of piperidine rings is 2. The van der Waals surface area contributed by atoms with E-state index in [2.05, 4.69) is 30.6 Å². The molecule has 3 aliphatic rings. The third-order valence-corrected chi connectivity index (χ3v) is 5.69. The van der Waals surface area contributed by atoms with Crippen LogP contribution in [0.3, 0.4) is 0 Å². The Morgan fingerprint density at radius 3 is 2.17 bits per heavy atom. The van der Waals surface area contributed by atoms with Crippen molar-refractivity contribution in [3.05, 3.63) is 0 Å². The minimum atomic E-state index is -0.00745. The molecule has 0 aromatic carbocycles. The average Bonchev–Trinajstić information content (AvgIpc) is 3.07. The Kier molecular flexibility index (Phi) is 5.60. The smallest absolute Gasteiger partial charge is 0.239 e. The molecule has 0 aliphatic carbocycles. The minimum absolute atomic E-state index is 0.00105. The van der Waals surface area contributed by atoms with Gasteiger partial charge in [-0.3, -0.25) is 9.69 Å². The molecule has 5 nitrogen and oxygen atoms in total. The third kappa shape index (κ3) is 4.06. The Labute approximate surface area is 140 Å². The van der Waals surface area contributed by atoms with Gasteiger partial charge in [0.25, 0.3) is 0 Å². The minimum Gasteiger partial charge on any atom is -0.350 e. The molecule has 0 radical (unpaired) electrons. The van der Waals surface area contributed by atoms with Crippen molar-refractivity contribution in [2.24, 2.45) is 17.8 Å². The van der Waals surface area contributed by atoms with Crippen LogP contribution in [0.1, 0.15) is 40.0 Å². The van der Waals surface area contributed by atoms with Crippen LogP contribution in [0, 0.1) is 17.8 Å². The summed E-state index contributed by atoms with van der Waals surface area (Å²) in [5, 5.41) is 0. The summed E-state index contributed by atoms with van der Waals surface area (Å²) in [6, 6.07) is -0.00105. The van der Waals surface area contributed by atoms with E-state index in [1.165, 1.54) is 6.42 Å². The van der Waals surface area contributed by atoms with Crippen molar-refractivity contribution in [1.29, 1.82) is 0 Å². The summed E-state index contributed by atoms with van der Waals surface area (Å²) in [5.41, 5.74) is 0. The van der Waals surface area contributed by atoms with Gasteiger partial charge in [-0.1, -0.05) is 13.8 Å². The van der Waals surface area contributed by atoms with E-state index in [0.29, 0.717) is 23.7 Å². The van der Waals surface area contributed by atoms with E-state index >= 15 is 0 Å². The molecular formula is C18H32N2O3. The first kappa shape index (κ1) is 17.2. The zero-order valence-electron chi connectivity index (χ0n) is 14.9. The Hall–Kier alpha value is -0.650. The average molecular weight is 324 g/mol. The quantitative estimate of drug-likeness (QED) is 0.796. The second-order valence-corrected chi connectivity index (χ2v) is 7.85. The first-order valence-corrected chi connectivity index (χ1v) is 9.30. The number of carbonyl (C=O) groups excluding carboxylic acids is 1. The number of amides is 1. The molecule has 3 heterocycles. The number of nitrogens with zero attached hydrogens (tertiary/aromatic N) is 2. The highest BCUT2D eigenvalue weighted by molar-refractivity contribution is 5.81. The lowest BCUT2D eigenvalue weighted by Gasteiger charge is -2.41. The van der Waals surface area contributed by atoms with Gasteiger partial charge in [0, 0.05) is 19.0 Å². The van der Waals surface area contributed by atoms with E-state index in [-0.39, 0.29) is 12.3 Å². The van der Waals surface area contributed by atoms with Gasteiger partial charge >= 0.3 is 0 Å². The van der Waals surface area contributed by atoms with Crippen molar-refractivity contribution in [3.63, 3.8) is 0 Å². The number of hydrogen-bond donors (Lipinski definition) is 0. The Morgan fingerprint density at radius 1 is 1.04 bits per heavy atom. The number of ether oxygens (including phenoxy) is 2. The summed E-state index contributed by atoms with van der Waals surface area (Å²) in [6.07, 6.45) is 3.36. The van der Waals surface area contributed by atoms with E-state index in [1.54, 1.807) is 0 Å². The topological polar surface area (TPSA) is 42.0 Å². The molecule has 3 saturated heterocycles. The molecule has 3 fully saturated rings. The molecule has 23 heavy (non-hydrogen) atoms. The predicted octanol–water partition coefficient (Wildman–Crippen LogP) is 1.96. The van der Waals surface area contributed by atoms with Crippen molar-refractivity contribution in [2.45, 2.75) is 52.4 Å². The van der Waals surface area contributed by atoms with Gasteiger partial charge in [-0.25, -0.2) is 0 Å². The molecule has 1 amide bonds. The number of hydrogen-bond acceptors (Lipinski definition) is 4. The van der Waals surface area contributed by atoms with Gasteiger partial charge in [0.15, 0.2) is 6.29 Å². The first-order valence-electron chi connectivity index (χ1n) is 9.30. The highest BCUT2D eigenvalue weighted by Crippen LogP contribution is 2.28. The summed E-state index contributed by atoms with van der Waals surface area (Å²) in [5.74, 6) is 2.05. The van der Waals surface area contributed by atoms with Crippen molar-refractivity contribution >= 4 is 5.91 Å². The normalized spacial score (nSPS) is 33.1. The van der Waals surface area contributed by atoms with Crippen LogP contribution in [0.4, 0.5) is 0 Å². The Balaban J connectivity index is 1.50. The maximum Gasteiger partial charge on any atom is 0.239 e. The summed E-state index contributed by atoms with van der Waals surface area (Å²) >= 11 is 0. The monoisotopic (exact) mass is 324 g/mol. The molecule has 3 rings (SSSR count). The van der Waals surface area contributed by atoms with Gasteiger partial charge < -0.3 is 14.4 Å². The molecule has 5 heteroatoms. The molecule has 0 aromatic heterocycles. The van der Waals surface area contributed by atoms with Crippen LogP contribution in [0.25, 0.3) is 0 Å². The molecular weight excluding hydrogens is 292 g/mol. The van der Waals surface area contributed by atoms with Gasteiger partial charge in [-0.15, -0.1) is 0 Å². The Morgan fingerprint density at radius 2 is 1.61 bits per heavy atom. The highest BCUT2D eigenvalue weighted by Gasteiger charge is 2.35. The lowest BCUT2D eigenvalue weighted by molar-refractivity contribution is -0.141. The fourth-order valence-electron chi connectivity index (χ4n) is 4.49. The summed E-state index contributed by atoms with van der Waals surface area (Å²) in [7, 11) is 0. The van der Waals surface area contributed by atoms with Crippen molar-refractivity contribution in [1.82, 2.24) is 9.80 Å². The van der Waals surface area contributed by atoms with Crippen LogP contribution >= 0.6 is 0 Å². The van der Waals surface area contributed by atoms with Crippen molar-refractivity contribution < 1.29 is 14.3 Å². The largest absolute Gasteiger partial charge is 0.350 e. The van der Waals surface area contributed by atoms with Crippen LogP contribution in [-0.2, 0) is 14.3 Å². The second kappa shape index (κ2) is 7.49. The standard InChI is InChI=1S/C18H32N2O3/c1-13-10-14(2)12-20(11-13)17(21)15(3)19-6-4-16(5-7-19)18-22-8-9-23-18/h13-16,18H,4-12H2,1-3H3. The van der Waals surface area contributed by atoms with Crippen LogP contribution in [0.15, 0.2) is 0 Å². The molecule has 3 atom stereocenters. The number of likely N-dealkylation sites (tertiary alicyclic amines) is 2. The second-order valence-electron chi connectivity index (χ2n) is 7.85. The highest BCUT2D eigenvalue weighted by atomic mass is 16.7. The summed E-state index contributed by atoms with van der Waals surface area (Å²) in [4.78, 5) is 17.3. The van der Waals surface area contributed by atoms with Crippen LogP contribution in [-0.4, -0.2) is 67.4 Å². The van der Waals surface area contributed by atoms with Crippen LogP contribution in [0.5, 0.6) is 0 Å². The fraction of sp³-hybridized carbons (Fsp3) is 0.944. The van der Waals surface area contributed by atoms with Crippen LogP contribution in [0.2, 0.25) is 0 Å². The molecule has 3 unspecified atom stereocenters. The lowest BCUT2D eigenvalue weighted by Crippen LogP contribution is -2.53. The molecule has 0 N–H and O–H groups in total. The number of carbonyl (C=O) groups is 1. The third-order valence-electron chi connectivity index (χ3n) is 5.69. The van der Waals surface area contributed by atoms with Gasteiger partial charge in [0.1, 0.15) is 0 Å². The molecule has 3 aliphatic heterocycles. The zero-order valence-corrected chi connectivity index (χ0v) is 14.9. The van der Waals surface area contributed by atoms with E-state index < -0.39 is 0 Å². The predicted molar refractivity (Wildman–Crippen MR) is 89.0 cm³/mol. The summed E-state index contributed by atoms with van der Waals surface area (Å²) in [6.45, 7) is 11.8. The maximum absolute atomic E-state index is 12.9. The van der Waals surface area contributed by atoms with E-state index in [0.717, 1.165) is 52.2 Å². The molecule has 0 aromatic rings. The van der Waals surface area contributed by atoms with Gasteiger partial charge in [0.05, 0.1) is 19.3 Å². The zero-order chi connectivity index (χ0) is 16.4. The van der Waals surface area contributed by atoms with E-state index in [9.17, 15) is 4.79 Å². The Bertz CT molecular complexity index is 393.